The Balaban J connectivity index is 2.00. The summed E-state index contributed by atoms with van der Waals surface area (Å²) >= 11 is 0. The van der Waals surface area contributed by atoms with Crippen molar-refractivity contribution in [2.45, 2.75) is 51.5 Å². The van der Waals surface area contributed by atoms with Gasteiger partial charge in [-0.1, -0.05) is 25.4 Å². The number of carbonyl (C=O) groups is 1. The van der Waals surface area contributed by atoms with Crippen molar-refractivity contribution < 1.29 is 19.2 Å². The largest absolute Gasteiger partial charge is 0.396 e. The minimum atomic E-state index is -0.518. The molecule has 136 valence electrons. The molecule has 3 rings (SSSR count). The van der Waals surface area contributed by atoms with Gasteiger partial charge in [-0.2, -0.15) is 0 Å². The first-order valence-electron chi connectivity index (χ1n) is 8.91. The van der Waals surface area contributed by atoms with E-state index < -0.39 is 5.54 Å². The Labute approximate surface area is 146 Å². The first-order valence-corrected chi connectivity index (χ1v) is 8.91. The van der Waals surface area contributed by atoms with Crippen LogP contribution in [-0.4, -0.2) is 46.5 Å². The second kappa shape index (κ2) is 7.49. The van der Waals surface area contributed by atoms with Crippen molar-refractivity contribution >= 4 is 17.0 Å². The molecule has 1 aliphatic rings. The highest BCUT2D eigenvalue weighted by Crippen LogP contribution is 2.27. The number of aryl methyl sites for hydroxylation is 2. The third-order valence-corrected chi connectivity index (χ3v) is 4.74. The van der Waals surface area contributed by atoms with Gasteiger partial charge in [0.2, 0.25) is 0 Å². The lowest BCUT2D eigenvalue weighted by Gasteiger charge is -2.28. The molecule has 0 radical (unpaired) electrons. The number of aliphatic hydroxyl groups is 1. The van der Waals surface area contributed by atoms with Gasteiger partial charge < -0.3 is 19.7 Å². The van der Waals surface area contributed by atoms with Crippen LogP contribution in [0.4, 0.5) is 0 Å². The van der Waals surface area contributed by atoms with Crippen LogP contribution < -0.4 is 5.32 Å². The fourth-order valence-electron chi connectivity index (χ4n) is 3.32. The van der Waals surface area contributed by atoms with E-state index >= 15 is 0 Å². The van der Waals surface area contributed by atoms with Crippen molar-refractivity contribution in [3.05, 3.63) is 23.0 Å². The molecule has 1 amide bonds. The van der Waals surface area contributed by atoms with Crippen LogP contribution >= 0.6 is 0 Å². The maximum absolute atomic E-state index is 13.1. The molecule has 0 aliphatic carbocycles. The minimum Gasteiger partial charge on any atom is -0.396 e. The quantitative estimate of drug-likeness (QED) is 0.795. The zero-order valence-corrected chi connectivity index (χ0v) is 14.8. The van der Waals surface area contributed by atoms with Crippen molar-refractivity contribution in [1.29, 1.82) is 0 Å². The number of nitrogens with zero attached hydrogens (tertiary/aromatic N) is 2. The zero-order chi connectivity index (χ0) is 17.9. The smallest absolute Gasteiger partial charge is 0.259 e. The number of aliphatic hydroxyl groups excluding tert-OH is 1. The summed E-state index contributed by atoms with van der Waals surface area (Å²) in [7, 11) is 0. The van der Waals surface area contributed by atoms with Gasteiger partial charge in [0.05, 0.1) is 28.8 Å². The lowest BCUT2D eigenvalue weighted by Crippen LogP contribution is -2.49. The van der Waals surface area contributed by atoms with Gasteiger partial charge in [-0.25, -0.2) is 4.98 Å². The van der Waals surface area contributed by atoms with Crippen LogP contribution in [0.1, 0.15) is 54.9 Å². The topological polar surface area (TPSA) is 97.5 Å². The third kappa shape index (κ3) is 3.52. The Morgan fingerprint density at radius 2 is 2.28 bits per heavy atom. The highest BCUT2D eigenvalue weighted by atomic mass is 16.5. The normalized spacial score (nSPS) is 20.3. The molecular weight excluding hydrogens is 322 g/mol. The molecule has 7 heteroatoms. The number of rotatable bonds is 7. The highest BCUT2D eigenvalue weighted by molar-refractivity contribution is 6.06. The van der Waals surface area contributed by atoms with Crippen LogP contribution in [-0.2, 0) is 17.6 Å². The summed E-state index contributed by atoms with van der Waals surface area (Å²) in [6.45, 7) is 5.04. The molecule has 1 aliphatic heterocycles. The molecule has 1 saturated heterocycles. The van der Waals surface area contributed by atoms with Gasteiger partial charge in [-0.15, -0.1) is 0 Å². The van der Waals surface area contributed by atoms with Gasteiger partial charge in [0.25, 0.3) is 11.6 Å². The standard InChI is InChI=1S/C18H25N3O4/c1-3-5-14-15-13(10-12(4-2)19-17(15)25-21-14)16(23)20-18(6-8-22)7-9-24-11-18/h10,22H,3-9,11H2,1-2H3,(H,20,23). The molecule has 2 N–H and O–H groups in total. The van der Waals surface area contributed by atoms with Crippen LogP contribution in [0.2, 0.25) is 0 Å². The van der Waals surface area contributed by atoms with Crippen molar-refractivity contribution in [3.63, 3.8) is 0 Å². The van der Waals surface area contributed by atoms with Crippen LogP contribution in [0.25, 0.3) is 11.1 Å². The van der Waals surface area contributed by atoms with Crippen LogP contribution in [0.5, 0.6) is 0 Å². The molecule has 0 saturated carbocycles. The lowest BCUT2D eigenvalue weighted by atomic mass is 9.93. The Bertz CT molecular complexity index is 750. The first kappa shape index (κ1) is 17.8. The summed E-state index contributed by atoms with van der Waals surface area (Å²) in [6, 6.07) is 1.82. The molecule has 1 atom stereocenters. The van der Waals surface area contributed by atoms with Crippen molar-refractivity contribution in [3.8, 4) is 0 Å². The van der Waals surface area contributed by atoms with E-state index in [2.05, 4.69) is 22.4 Å². The Morgan fingerprint density at radius 1 is 1.44 bits per heavy atom. The van der Waals surface area contributed by atoms with E-state index in [1.165, 1.54) is 0 Å². The number of pyridine rings is 1. The van der Waals surface area contributed by atoms with Crippen molar-refractivity contribution in [2.24, 2.45) is 0 Å². The SMILES string of the molecule is CCCc1noc2nc(CC)cc(C(=O)NC3(CCO)CCOC3)c12. The van der Waals surface area contributed by atoms with E-state index in [0.717, 1.165) is 24.2 Å². The average molecular weight is 347 g/mol. The number of ether oxygens (including phenoxy) is 1. The fraction of sp³-hybridized carbons (Fsp3) is 0.611. The second-order valence-corrected chi connectivity index (χ2v) is 6.58. The fourth-order valence-corrected chi connectivity index (χ4v) is 3.32. The molecule has 2 aromatic rings. The summed E-state index contributed by atoms with van der Waals surface area (Å²) in [5.74, 6) is -0.193. The number of amides is 1. The van der Waals surface area contributed by atoms with Crippen molar-refractivity contribution in [1.82, 2.24) is 15.5 Å². The Kier molecular flexibility index (Phi) is 5.34. The predicted octanol–water partition coefficient (Wildman–Crippen LogP) is 2.01. The molecule has 0 bridgehead atoms. The Hall–Kier alpha value is -1.99. The van der Waals surface area contributed by atoms with Gasteiger partial charge >= 0.3 is 0 Å². The average Bonchev–Trinajstić information content (AvgIpc) is 3.22. The predicted molar refractivity (Wildman–Crippen MR) is 92.5 cm³/mol. The molecule has 7 nitrogen and oxygen atoms in total. The number of aromatic nitrogens is 2. The number of nitrogens with one attached hydrogen (secondary N) is 1. The van der Waals surface area contributed by atoms with E-state index in [-0.39, 0.29) is 12.5 Å². The molecule has 0 spiro atoms. The molecule has 25 heavy (non-hydrogen) atoms. The second-order valence-electron chi connectivity index (χ2n) is 6.58. The Morgan fingerprint density at radius 3 is 2.92 bits per heavy atom. The summed E-state index contributed by atoms with van der Waals surface area (Å²) < 4.78 is 10.8. The zero-order valence-electron chi connectivity index (χ0n) is 14.8. The van der Waals surface area contributed by atoms with Gasteiger partial charge in [-0.3, -0.25) is 4.79 Å². The summed E-state index contributed by atoms with van der Waals surface area (Å²) in [5, 5.41) is 17.3. The highest BCUT2D eigenvalue weighted by Gasteiger charge is 2.36. The lowest BCUT2D eigenvalue weighted by molar-refractivity contribution is 0.0852. The summed E-state index contributed by atoms with van der Waals surface area (Å²) in [5.41, 5.74) is 1.98. The van der Waals surface area contributed by atoms with E-state index in [1.54, 1.807) is 0 Å². The maximum Gasteiger partial charge on any atom is 0.259 e. The number of fused-ring (bicyclic) bond motifs is 1. The number of hydrogen-bond acceptors (Lipinski definition) is 6. The number of hydrogen-bond donors (Lipinski definition) is 2. The molecule has 3 heterocycles. The first-order chi connectivity index (χ1) is 12.1. The maximum atomic E-state index is 13.1. The van der Waals surface area contributed by atoms with Gasteiger partial charge in [0, 0.05) is 18.9 Å². The summed E-state index contributed by atoms with van der Waals surface area (Å²) in [4.78, 5) is 17.5. The molecule has 2 aromatic heterocycles. The van der Waals surface area contributed by atoms with Gasteiger partial charge in [-0.05, 0) is 31.7 Å². The van der Waals surface area contributed by atoms with E-state index in [4.69, 9.17) is 9.26 Å². The van der Waals surface area contributed by atoms with E-state index in [1.807, 2.05) is 13.0 Å². The molecule has 0 aromatic carbocycles. The van der Waals surface area contributed by atoms with E-state index in [9.17, 15) is 9.90 Å². The van der Waals surface area contributed by atoms with Crippen LogP contribution in [0, 0.1) is 0 Å². The summed E-state index contributed by atoms with van der Waals surface area (Å²) in [6.07, 6.45) is 3.50. The van der Waals surface area contributed by atoms with Crippen LogP contribution in [0.3, 0.4) is 0 Å². The number of carbonyl (C=O) groups excluding carboxylic acids is 1. The van der Waals surface area contributed by atoms with Crippen LogP contribution in [0.15, 0.2) is 10.6 Å². The van der Waals surface area contributed by atoms with Gasteiger partial charge in [0.15, 0.2) is 0 Å². The molecule has 1 unspecified atom stereocenters. The minimum absolute atomic E-state index is 0.00393. The molecular formula is C18H25N3O4. The van der Waals surface area contributed by atoms with E-state index in [0.29, 0.717) is 49.1 Å². The van der Waals surface area contributed by atoms with Gasteiger partial charge in [0.1, 0.15) is 0 Å². The molecule has 1 fully saturated rings. The third-order valence-electron chi connectivity index (χ3n) is 4.74. The monoisotopic (exact) mass is 347 g/mol. The van der Waals surface area contributed by atoms with Crippen molar-refractivity contribution in [2.75, 3.05) is 19.8 Å².